The summed E-state index contributed by atoms with van der Waals surface area (Å²) in [6, 6.07) is 0. The molecule has 0 atom stereocenters. The van der Waals surface area contributed by atoms with Gasteiger partial charge in [-0.3, -0.25) is 14.9 Å². The molecule has 0 spiro atoms. The standard InChI is InChI=1S/C14H20N4O5S/c1-3-18(7-10(19)15-13(21)22-4-2)11(20)8-24-14-17-16-12(23-14)9-5-6-9/h9H,3-8H2,1-2H3,(H,15,19,21). The second-order valence-corrected chi connectivity index (χ2v) is 6.07. The summed E-state index contributed by atoms with van der Waals surface area (Å²) in [6.07, 6.45) is 1.30. The minimum absolute atomic E-state index is 0.0762. The molecule has 1 aromatic rings. The summed E-state index contributed by atoms with van der Waals surface area (Å²) < 4.78 is 10.1. The normalized spacial score (nSPS) is 13.4. The lowest BCUT2D eigenvalue weighted by Gasteiger charge is -2.19. The van der Waals surface area contributed by atoms with E-state index in [0.29, 0.717) is 23.6 Å². The maximum atomic E-state index is 12.2. The maximum Gasteiger partial charge on any atom is 0.413 e. The van der Waals surface area contributed by atoms with Crippen molar-refractivity contribution in [2.75, 3.05) is 25.4 Å². The molecule has 0 bridgehead atoms. The van der Waals surface area contributed by atoms with E-state index in [2.05, 4.69) is 20.3 Å². The number of hydrogen-bond donors (Lipinski definition) is 1. The maximum absolute atomic E-state index is 12.2. The monoisotopic (exact) mass is 356 g/mol. The van der Waals surface area contributed by atoms with E-state index < -0.39 is 12.0 Å². The van der Waals surface area contributed by atoms with E-state index >= 15 is 0 Å². The van der Waals surface area contributed by atoms with Crippen molar-refractivity contribution in [1.29, 1.82) is 0 Å². The molecule has 1 aliphatic carbocycles. The molecule has 1 saturated carbocycles. The Kier molecular flexibility index (Phi) is 6.59. The van der Waals surface area contributed by atoms with Crippen molar-refractivity contribution in [3.63, 3.8) is 0 Å². The molecule has 1 fully saturated rings. The molecule has 0 radical (unpaired) electrons. The first-order valence-electron chi connectivity index (χ1n) is 7.74. The van der Waals surface area contributed by atoms with E-state index in [9.17, 15) is 14.4 Å². The lowest BCUT2D eigenvalue weighted by atomic mass is 10.4. The number of nitrogens with zero attached hydrogens (tertiary/aromatic N) is 3. The molecule has 0 unspecified atom stereocenters. The third-order valence-electron chi connectivity index (χ3n) is 3.25. The fourth-order valence-corrected chi connectivity index (χ4v) is 2.53. The average Bonchev–Trinajstić information content (AvgIpc) is 3.29. The number of nitrogens with one attached hydrogen (secondary N) is 1. The summed E-state index contributed by atoms with van der Waals surface area (Å²) >= 11 is 1.13. The zero-order valence-electron chi connectivity index (χ0n) is 13.6. The lowest BCUT2D eigenvalue weighted by Crippen LogP contribution is -2.43. The minimum Gasteiger partial charge on any atom is -0.450 e. The average molecular weight is 356 g/mol. The van der Waals surface area contributed by atoms with Crippen molar-refractivity contribution >= 4 is 29.7 Å². The van der Waals surface area contributed by atoms with Crippen LogP contribution in [0.15, 0.2) is 9.64 Å². The highest BCUT2D eigenvalue weighted by Crippen LogP contribution is 2.39. The highest BCUT2D eigenvalue weighted by Gasteiger charge is 2.29. The Morgan fingerprint density at radius 2 is 2.08 bits per heavy atom. The number of carbonyl (C=O) groups excluding carboxylic acids is 3. The Morgan fingerprint density at radius 1 is 1.33 bits per heavy atom. The first kappa shape index (κ1) is 18.2. The minimum atomic E-state index is -0.821. The van der Waals surface area contributed by atoms with Gasteiger partial charge in [-0.1, -0.05) is 11.8 Å². The summed E-state index contributed by atoms with van der Waals surface area (Å²) in [4.78, 5) is 36.4. The van der Waals surface area contributed by atoms with Gasteiger partial charge in [-0.2, -0.15) is 0 Å². The zero-order valence-corrected chi connectivity index (χ0v) is 14.4. The van der Waals surface area contributed by atoms with Gasteiger partial charge in [-0.15, -0.1) is 10.2 Å². The van der Waals surface area contributed by atoms with Gasteiger partial charge in [0.1, 0.15) is 6.54 Å². The Bertz CT molecular complexity index is 602. The summed E-state index contributed by atoms with van der Waals surface area (Å²) in [5, 5.41) is 10.2. The summed E-state index contributed by atoms with van der Waals surface area (Å²) in [5.41, 5.74) is 0. The second kappa shape index (κ2) is 8.67. The van der Waals surface area contributed by atoms with E-state index in [1.165, 1.54) is 4.90 Å². The quantitative estimate of drug-likeness (QED) is 0.690. The highest BCUT2D eigenvalue weighted by molar-refractivity contribution is 7.99. The number of rotatable bonds is 8. The summed E-state index contributed by atoms with van der Waals surface area (Å²) in [5.74, 6) is 0.204. The van der Waals surface area contributed by atoms with E-state index in [1.807, 2.05) is 0 Å². The van der Waals surface area contributed by atoms with E-state index in [0.717, 1.165) is 24.6 Å². The number of amides is 3. The van der Waals surface area contributed by atoms with Crippen LogP contribution in [-0.2, 0) is 14.3 Å². The summed E-state index contributed by atoms with van der Waals surface area (Å²) in [7, 11) is 0. The van der Waals surface area contributed by atoms with Crippen LogP contribution in [0.25, 0.3) is 0 Å². The van der Waals surface area contributed by atoms with Gasteiger partial charge >= 0.3 is 6.09 Å². The molecule has 0 aromatic carbocycles. The van der Waals surface area contributed by atoms with Crippen LogP contribution in [0, 0.1) is 0 Å². The van der Waals surface area contributed by atoms with Gasteiger partial charge in [0.25, 0.3) is 5.22 Å². The molecule has 24 heavy (non-hydrogen) atoms. The Balaban J connectivity index is 1.77. The van der Waals surface area contributed by atoms with Crippen molar-refractivity contribution in [3.05, 3.63) is 5.89 Å². The van der Waals surface area contributed by atoms with Crippen molar-refractivity contribution < 1.29 is 23.5 Å². The third kappa shape index (κ3) is 5.52. The molecule has 10 heteroatoms. The fourth-order valence-electron chi connectivity index (χ4n) is 1.86. The smallest absolute Gasteiger partial charge is 0.413 e. The number of imide groups is 1. The van der Waals surface area contributed by atoms with Crippen LogP contribution >= 0.6 is 11.8 Å². The van der Waals surface area contributed by atoms with Crippen LogP contribution in [0.2, 0.25) is 0 Å². The molecule has 0 aliphatic heterocycles. The number of aromatic nitrogens is 2. The van der Waals surface area contributed by atoms with Crippen molar-refractivity contribution in [2.45, 2.75) is 37.8 Å². The summed E-state index contributed by atoms with van der Waals surface area (Å²) in [6.45, 7) is 3.67. The number of carbonyl (C=O) groups is 3. The molecule has 1 aromatic heterocycles. The van der Waals surface area contributed by atoms with Gasteiger partial charge in [0.15, 0.2) is 0 Å². The van der Waals surface area contributed by atoms with Gasteiger partial charge in [0.2, 0.25) is 17.7 Å². The van der Waals surface area contributed by atoms with Crippen LogP contribution < -0.4 is 5.32 Å². The zero-order chi connectivity index (χ0) is 17.5. The number of alkyl carbamates (subject to hydrolysis) is 1. The van der Waals surface area contributed by atoms with Crippen LogP contribution in [0.1, 0.15) is 38.5 Å². The lowest BCUT2D eigenvalue weighted by molar-refractivity contribution is -0.133. The first-order valence-corrected chi connectivity index (χ1v) is 8.72. The van der Waals surface area contributed by atoms with E-state index in [1.54, 1.807) is 13.8 Å². The fraction of sp³-hybridized carbons (Fsp3) is 0.643. The second-order valence-electron chi connectivity index (χ2n) is 5.15. The van der Waals surface area contributed by atoms with E-state index in [4.69, 9.17) is 4.42 Å². The highest BCUT2D eigenvalue weighted by atomic mass is 32.2. The number of likely N-dealkylation sites (N-methyl/N-ethyl adjacent to an activating group) is 1. The van der Waals surface area contributed by atoms with Gasteiger partial charge in [0, 0.05) is 12.5 Å². The topological polar surface area (TPSA) is 115 Å². The molecule has 1 heterocycles. The van der Waals surface area contributed by atoms with Gasteiger partial charge in [-0.25, -0.2) is 4.79 Å². The predicted octanol–water partition coefficient (Wildman–Crippen LogP) is 1.16. The predicted molar refractivity (Wildman–Crippen MR) is 84.4 cm³/mol. The van der Waals surface area contributed by atoms with Crippen molar-refractivity contribution in [3.8, 4) is 0 Å². The van der Waals surface area contributed by atoms with Crippen LogP contribution in [0.5, 0.6) is 0 Å². The van der Waals surface area contributed by atoms with Crippen LogP contribution in [0.4, 0.5) is 4.79 Å². The number of thioether (sulfide) groups is 1. The molecule has 9 nitrogen and oxygen atoms in total. The van der Waals surface area contributed by atoms with E-state index in [-0.39, 0.29) is 24.8 Å². The molecular weight excluding hydrogens is 336 g/mol. The molecule has 3 amide bonds. The first-order chi connectivity index (χ1) is 11.5. The number of hydrogen-bond acceptors (Lipinski definition) is 8. The van der Waals surface area contributed by atoms with Gasteiger partial charge in [0.05, 0.1) is 12.4 Å². The Hall–Kier alpha value is -2.10. The molecule has 132 valence electrons. The Labute approximate surface area is 143 Å². The molecule has 2 rings (SSSR count). The van der Waals surface area contributed by atoms with Gasteiger partial charge < -0.3 is 14.1 Å². The third-order valence-corrected chi connectivity index (χ3v) is 4.06. The SMILES string of the molecule is CCOC(=O)NC(=O)CN(CC)C(=O)CSc1nnc(C2CC2)o1. The Morgan fingerprint density at radius 3 is 2.71 bits per heavy atom. The van der Waals surface area contributed by atoms with Crippen LogP contribution in [0.3, 0.4) is 0 Å². The number of ether oxygens (including phenoxy) is 1. The largest absolute Gasteiger partial charge is 0.450 e. The van der Waals surface area contributed by atoms with Crippen LogP contribution in [-0.4, -0.2) is 58.5 Å². The molecule has 0 saturated heterocycles. The molecular formula is C14H20N4O5S. The van der Waals surface area contributed by atoms with Gasteiger partial charge in [-0.05, 0) is 26.7 Å². The molecule has 1 N–H and O–H groups in total. The van der Waals surface area contributed by atoms with Crippen molar-refractivity contribution in [1.82, 2.24) is 20.4 Å². The molecule has 1 aliphatic rings. The van der Waals surface area contributed by atoms with Crippen molar-refractivity contribution in [2.24, 2.45) is 0 Å².